The van der Waals surface area contributed by atoms with Crippen molar-refractivity contribution in [3.8, 4) is 0 Å². The summed E-state index contributed by atoms with van der Waals surface area (Å²) < 4.78 is 13.1. The van der Waals surface area contributed by atoms with Crippen LogP contribution in [-0.2, 0) is 13.1 Å². The minimum absolute atomic E-state index is 0.195. The lowest BCUT2D eigenvalue weighted by Crippen LogP contribution is -2.46. The maximum Gasteiger partial charge on any atom is 0.128 e. The van der Waals surface area contributed by atoms with Crippen molar-refractivity contribution < 1.29 is 4.39 Å². The fraction of sp³-hybridized carbons (Fsp3) is 0.300. The van der Waals surface area contributed by atoms with E-state index in [1.165, 1.54) is 17.7 Å². The Morgan fingerprint density at radius 1 is 0.926 bits per heavy atom. The van der Waals surface area contributed by atoms with Crippen molar-refractivity contribution in [1.82, 2.24) is 20.5 Å². The van der Waals surface area contributed by atoms with Gasteiger partial charge in [-0.3, -0.25) is 5.10 Å². The van der Waals surface area contributed by atoms with Gasteiger partial charge in [-0.2, -0.15) is 5.10 Å². The molecular formula is C20H23FN6. The first kappa shape index (κ1) is 17.5. The van der Waals surface area contributed by atoms with Crippen LogP contribution in [0.5, 0.6) is 0 Å². The number of piperazine rings is 1. The van der Waals surface area contributed by atoms with Gasteiger partial charge in [-0.05, 0) is 48.0 Å². The molecule has 0 unspecified atom stereocenters. The number of halogens is 1. The van der Waals surface area contributed by atoms with E-state index in [-0.39, 0.29) is 5.82 Å². The molecule has 6 nitrogen and oxygen atoms in total. The van der Waals surface area contributed by atoms with Crippen LogP contribution in [0.15, 0.2) is 54.9 Å². The van der Waals surface area contributed by atoms with Gasteiger partial charge in [-0.15, -0.1) is 0 Å². The molecule has 0 spiro atoms. The van der Waals surface area contributed by atoms with Gasteiger partial charge in [-0.1, -0.05) is 0 Å². The zero-order chi connectivity index (χ0) is 18.5. The number of nitrogens with zero attached hydrogens (tertiary/aromatic N) is 4. The van der Waals surface area contributed by atoms with Gasteiger partial charge in [0.25, 0.3) is 0 Å². The standard InChI is InChI=1S/C20H23FN6/c21-17-1-3-19(4-2-17)26-9-11-27(12-10-26)20-13-16(5-7-23-20)14-22-15-18-6-8-24-25-18/h1-8,13,22H,9-12,14-15H2,(H,24,25). The van der Waals surface area contributed by atoms with E-state index in [2.05, 4.69) is 36.4 Å². The first-order chi connectivity index (χ1) is 13.3. The molecule has 4 rings (SSSR count). The SMILES string of the molecule is Fc1ccc(N2CCN(c3cc(CNCc4ccn[nH]4)ccn3)CC2)cc1. The molecule has 1 fully saturated rings. The van der Waals surface area contributed by atoms with E-state index in [1.54, 1.807) is 6.20 Å². The molecule has 2 aromatic heterocycles. The number of aromatic amines is 1. The topological polar surface area (TPSA) is 60.1 Å². The van der Waals surface area contributed by atoms with E-state index >= 15 is 0 Å². The summed E-state index contributed by atoms with van der Waals surface area (Å²) in [5, 5.41) is 10.3. The molecule has 140 valence electrons. The van der Waals surface area contributed by atoms with E-state index in [4.69, 9.17) is 0 Å². The second-order valence-corrected chi connectivity index (χ2v) is 6.66. The Bertz CT molecular complexity index is 841. The second-order valence-electron chi connectivity index (χ2n) is 6.66. The van der Waals surface area contributed by atoms with Crippen LogP contribution in [0.25, 0.3) is 0 Å². The van der Waals surface area contributed by atoms with Gasteiger partial charge in [-0.25, -0.2) is 9.37 Å². The Balaban J connectivity index is 1.32. The van der Waals surface area contributed by atoms with E-state index in [0.29, 0.717) is 0 Å². The van der Waals surface area contributed by atoms with Crippen molar-refractivity contribution in [3.05, 3.63) is 71.9 Å². The van der Waals surface area contributed by atoms with Crippen LogP contribution >= 0.6 is 0 Å². The van der Waals surface area contributed by atoms with Crippen molar-refractivity contribution in [2.45, 2.75) is 13.1 Å². The number of pyridine rings is 1. The molecule has 1 aliphatic rings. The Morgan fingerprint density at radius 3 is 2.44 bits per heavy atom. The second kappa shape index (κ2) is 8.18. The number of hydrogen-bond acceptors (Lipinski definition) is 5. The van der Waals surface area contributed by atoms with Crippen LogP contribution in [0, 0.1) is 5.82 Å². The summed E-state index contributed by atoms with van der Waals surface area (Å²) in [4.78, 5) is 9.13. The molecule has 7 heteroatoms. The number of H-pyrrole nitrogens is 1. The highest BCUT2D eigenvalue weighted by atomic mass is 19.1. The molecule has 0 aliphatic carbocycles. The normalized spacial score (nSPS) is 14.6. The molecule has 0 radical (unpaired) electrons. The minimum atomic E-state index is -0.195. The average molecular weight is 366 g/mol. The molecule has 3 aromatic rings. The lowest BCUT2D eigenvalue weighted by atomic mass is 10.2. The molecular weight excluding hydrogens is 343 g/mol. The average Bonchev–Trinajstić information content (AvgIpc) is 3.23. The van der Waals surface area contributed by atoms with Gasteiger partial charge in [0, 0.05) is 63.0 Å². The molecule has 0 atom stereocenters. The van der Waals surface area contributed by atoms with Crippen molar-refractivity contribution >= 4 is 11.5 Å². The molecule has 0 bridgehead atoms. The highest BCUT2D eigenvalue weighted by Gasteiger charge is 2.18. The first-order valence-electron chi connectivity index (χ1n) is 9.17. The summed E-state index contributed by atoms with van der Waals surface area (Å²) in [7, 11) is 0. The summed E-state index contributed by atoms with van der Waals surface area (Å²) >= 11 is 0. The molecule has 0 amide bonds. The fourth-order valence-corrected chi connectivity index (χ4v) is 3.31. The predicted octanol–water partition coefficient (Wildman–Crippen LogP) is 2.56. The fourth-order valence-electron chi connectivity index (χ4n) is 3.31. The molecule has 1 saturated heterocycles. The van der Waals surface area contributed by atoms with Gasteiger partial charge in [0.2, 0.25) is 0 Å². The first-order valence-corrected chi connectivity index (χ1v) is 9.17. The van der Waals surface area contributed by atoms with E-state index in [1.807, 2.05) is 30.5 Å². The Hall–Kier alpha value is -2.93. The monoisotopic (exact) mass is 366 g/mol. The van der Waals surface area contributed by atoms with Gasteiger partial charge >= 0.3 is 0 Å². The third-order valence-electron chi connectivity index (χ3n) is 4.81. The summed E-state index contributed by atoms with van der Waals surface area (Å²) in [5.74, 6) is 0.814. The lowest BCUT2D eigenvalue weighted by Gasteiger charge is -2.36. The van der Waals surface area contributed by atoms with Crippen LogP contribution < -0.4 is 15.1 Å². The van der Waals surface area contributed by atoms with E-state index in [0.717, 1.165) is 56.5 Å². The third kappa shape index (κ3) is 4.43. The summed E-state index contributed by atoms with van der Waals surface area (Å²) in [6.07, 6.45) is 3.63. The third-order valence-corrected chi connectivity index (χ3v) is 4.81. The smallest absolute Gasteiger partial charge is 0.128 e. The molecule has 2 N–H and O–H groups in total. The summed E-state index contributed by atoms with van der Waals surface area (Å²) in [6.45, 7) is 5.13. The number of anilines is 2. The number of benzene rings is 1. The molecule has 1 aromatic carbocycles. The van der Waals surface area contributed by atoms with Crippen molar-refractivity contribution in [1.29, 1.82) is 0 Å². The zero-order valence-electron chi connectivity index (χ0n) is 15.1. The van der Waals surface area contributed by atoms with Crippen LogP contribution in [0.2, 0.25) is 0 Å². The highest BCUT2D eigenvalue weighted by Crippen LogP contribution is 2.20. The number of aromatic nitrogens is 3. The van der Waals surface area contributed by atoms with Gasteiger partial charge < -0.3 is 15.1 Å². The quantitative estimate of drug-likeness (QED) is 0.702. The van der Waals surface area contributed by atoms with Crippen LogP contribution in [0.4, 0.5) is 15.9 Å². The summed E-state index contributed by atoms with van der Waals surface area (Å²) in [6, 6.07) is 12.9. The van der Waals surface area contributed by atoms with Gasteiger partial charge in [0.1, 0.15) is 11.6 Å². The number of hydrogen-bond donors (Lipinski definition) is 2. The zero-order valence-corrected chi connectivity index (χ0v) is 15.1. The van der Waals surface area contributed by atoms with Crippen molar-refractivity contribution in [2.75, 3.05) is 36.0 Å². The Kier molecular flexibility index (Phi) is 5.29. The maximum absolute atomic E-state index is 13.1. The highest BCUT2D eigenvalue weighted by molar-refractivity contribution is 5.49. The number of rotatable bonds is 6. The summed E-state index contributed by atoms with van der Waals surface area (Å²) in [5.41, 5.74) is 3.35. The van der Waals surface area contributed by atoms with Gasteiger partial charge in [0.15, 0.2) is 0 Å². The largest absolute Gasteiger partial charge is 0.368 e. The predicted molar refractivity (Wildman–Crippen MR) is 104 cm³/mol. The van der Waals surface area contributed by atoms with Gasteiger partial charge in [0.05, 0.1) is 0 Å². The van der Waals surface area contributed by atoms with Crippen molar-refractivity contribution in [3.63, 3.8) is 0 Å². The number of nitrogens with one attached hydrogen (secondary N) is 2. The van der Waals surface area contributed by atoms with E-state index in [9.17, 15) is 4.39 Å². The molecule has 3 heterocycles. The van der Waals surface area contributed by atoms with Crippen LogP contribution in [-0.4, -0.2) is 41.4 Å². The molecule has 0 saturated carbocycles. The van der Waals surface area contributed by atoms with Crippen molar-refractivity contribution in [2.24, 2.45) is 0 Å². The van der Waals surface area contributed by atoms with Crippen LogP contribution in [0.1, 0.15) is 11.3 Å². The van der Waals surface area contributed by atoms with E-state index < -0.39 is 0 Å². The Labute approximate surface area is 158 Å². The molecule has 1 aliphatic heterocycles. The maximum atomic E-state index is 13.1. The molecule has 27 heavy (non-hydrogen) atoms. The minimum Gasteiger partial charge on any atom is -0.368 e. The van der Waals surface area contributed by atoms with Crippen LogP contribution in [0.3, 0.4) is 0 Å². The lowest BCUT2D eigenvalue weighted by molar-refractivity contribution is 0.624. The Morgan fingerprint density at radius 2 is 1.70 bits per heavy atom.